The van der Waals surface area contributed by atoms with Crippen LogP contribution in [-0.4, -0.2) is 52.0 Å². The summed E-state index contributed by atoms with van der Waals surface area (Å²) >= 11 is 0. The minimum absolute atomic E-state index is 0.777. The van der Waals surface area contributed by atoms with Crippen LogP contribution >= 0.6 is 0 Å². The summed E-state index contributed by atoms with van der Waals surface area (Å²) in [4.78, 5) is 2.35. The highest BCUT2D eigenvalue weighted by molar-refractivity contribution is 4.82. The van der Waals surface area contributed by atoms with Gasteiger partial charge in [0.25, 0.3) is 0 Å². The molecule has 0 radical (unpaired) electrons. The first-order valence-electron chi connectivity index (χ1n) is 5.48. The van der Waals surface area contributed by atoms with E-state index < -0.39 is 0 Å². The second kappa shape index (κ2) is 11.5. The van der Waals surface area contributed by atoms with E-state index in [9.17, 15) is 0 Å². The minimum atomic E-state index is 0.777. The number of rotatable bonds is 10. The predicted octanol–water partition coefficient (Wildman–Crippen LogP) is 1.38. The maximum Gasteiger partial charge on any atom is 0.0589 e. The second-order valence-electron chi connectivity index (χ2n) is 3.49. The van der Waals surface area contributed by atoms with Gasteiger partial charge in [-0.25, -0.2) is 0 Å². The summed E-state index contributed by atoms with van der Waals surface area (Å²) in [6.07, 6.45) is 8.33. The molecule has 0 saturated carbocycles. The first kappa shape index (κ1) is 14.4. The summed E-state index contributed by atoms with van der Waals surface area (Å²) in [5, 5.41) is 0. The van der Waals surface area contributed by atoms with E-state index in [2.05, 4.69) is 10.8 Å². The molecule has 0 fully saturated rings. The number of hydrogen-bond acceptors (Lipinski definition) is 3. The first-order chi connectivity index (χ1) is 7.35. The predicted molar refractivity (Wildman–Crippen MR) is 62.9 cm³/mol. The SMILES string of the molecule is C#CCCCCN(CCOC)CCOC. The third-order valence-corrected chi connectivity index (χ3v) is 2.27. The zero-order valence-corrected chi connectivity index (χ0v) is 10.00. The molecule has 3 heteroatoms. The highest BCUT2D eigenvalue weighted by Crippen LogP contribution is 1.98. The van der Waals surface area contributed by atoms with E-state index in [-0.39, 0.29) is 0 Å². The lowest BCUT2D eigenvalue weighted by Gasteiger charge is -2.21. The van der Waals surface area contributed by atoms with Gasteiger partial charge in [0.2, 0.25) is 0 Å². The van der Waals surface area contributed by atoms with Crippen molar-refractivity contribution in [1.82, 2.24) is 4.90 Å². The maximum atomic E-state index is 5.20. The lowest BCUT2D eigenvalue weighted by Crippen LogP contribution is -2.31. The molecule has 0 N–H and O–H groups in total. The third-order valence-electron chi connectivity index (χ3n) is 2.27. The molecule has 0 aromatic heterocycles. The summed E-state index contributed by atoms with van der Waals surface area (Å²) in [6.45, 7) is 4.57. The maximum absolute atomic E-state index is 5.20. The third kappa shape index (κ3) is 9.74. The molecule has 0 spiro atoms. The Labute approximate surface area is 93.7 Å². The van der Waals surface area contributed by atoms with Crippen LogP contribution in [0.3, 0.4) is 0 Å². The van der Waals surface area contributed by atoms with Crippen LogP contribution in [0, 0.1) is 12.3 Å². The Morgan fingerprint density at radius 1 is 1.00 bits per heavy atom. The molecule has 15 heavy (non-hydrogen) atoms. The number of methoxy groups -OCH3 is 2. The number of ether oxygens (including phenoxy) is 2. The van der Waals surface area contributed by atoms with Crippen LogP contribution in [0.4, 0.5) is 0 Å². The van der Waals surface area contributed by atoms with Gasteiger partial charge >= 0.3 is 0 Å². The van der Waals surface area contributed by atoms with Crippen LogP contribution in [0.2, 0.25) is 0 Å². The van der Waals surface area contributed by atoms with Gasteiger partial charge < -0.3 is 9.47 Å². The molecule has 0 bridgehead atoms. The van der Waals surface area contributed by atoms with Gasteiger partial charge in [-0.05, 0) is 19.4 Å². The van der Waals surface area contributed by atoms with Crippen LogP contribution < -0.4 is 0 Å². The number of hydrogen-bond donors (Lipinski definition) is 0. The molecule has 0 aliphatic carbocycles. The second-order valence-corrected chi connectivity index (χ2v) is 3.49. The molecule has 0 amide bonds. The van der Waals surface area contributed by atoms with Gasteiger partial charge in [-0.2, -0.15) is 0 Å². The van der Waals surface area contributed by atoms with Crippen molar-refractivity contribution in [2.75, 3.05) is 47.1 Å². The zero-order valence-electron chi connectivity index (χ0n) is 10.00. The number of terminal acetylenes is 1. The van der Waals surface area contributed by atoms with E-state index in [0.29, 0.717) is 0 Å². The van der Waals surface area contributed by atoms with Crippen molar-refractivity contribution >= 4 is 0 Å². The smallest absolute Gasteiger partial charge is 0.0589 e. The summed E-state index contributed by atoms with van der Waals surface area (Å²) in [5.74, 6) is 2.66. The normalized spacial score (nSPS) is 10.5. The van der Waals surface area contributed by atoms with Gasteiger partial charge in [0.15, 0.2) is 0 Å². The van der Waals surface area contributed by atoms with E-state index in [1.807, 2.05) is 0 Å². The van der Waals surface area contributed by atoms with Crippen LogP contribution in [-0.2, 0) is 9.47 Å². The monoisotopic (exact) mass is 213 g/mol. The van der Waals surface area contributed by atoms with Crippen LogP contribution in [0.5, 0.6) is 0 Å². The Kier molecular flexibility index (Phi) is 11.1. The van der Waals surface area contributed by atoms with Crippen molar-refractivity contribution in [2.45, 2.75) is 19.3 Å². The Balaban J connectivity index is 3.55. The highest BCUT2D eigenvalue weighted by atomic mass is 16.5. The fraction of sp³-hybridized carbons (Fsp3) is 0.833. The standard InChI is InChI=1S/C12H23NO2/c1-4-5-6-7-8-13(9-11-14-2)10-12-15-3/h1H,5-12H2,2-3H3. The molecule has 0 aliphatic heterocycles. The molecule has 88 valence electrons. The lowest BCUT2D eigenvalue weighted by molar-refractivity contribution is 0.113. The van der Waals surface area contributed by atoms with E-state index in [1.54, 1.807) is 14.2 Å². The van der Waals surface area contributed by atoms with E-state index in [4.69, 9.17) is 15.9 Å². The Hall–Kier alpha value is -0.560. The minimum Gasteiger partial charge on any atom is -0.383 e. The average molecular weight is 213 g/mol. The fourth-order valence-electron chi connectivity index (χ4n) is 1.34. The summed E-state index contributed by atoms with van der Waals surface area (Å²) in [7, 11) is 3.46. The van der Waals surface area contributed by atoms with Crippen molar-refractivity contribution in [1.29, 1.82) is 0 Å². The lowest BCUT2D eigenvalue weighted by atomic mass is 10.2. The molecule has 0 aromatic carbocycles. The fourth-order valence-corrected chi connectivity index (χ4v) is 1.34. The Bertz CT molecular complexity index is 157. The van der Waals surface area contributed by atoms with Gasteiger partial charge in [-0.15, -0.1) is 12.3 Å². The molecule has 0 aromatic rings. The largest absolute Gasteiger partial charge is 0.383 e. The molecule has 0 aliphatic rings. The molecule has 0 atom stereocenters. The molecule has 3 nitrogen and oxygen atoms in total. The van der Waals surface area contributed by atoms with Crippen molar-refractivity contribution < 1.29 is 9.47 Å². The number of nitrogens with zero attached hydrogens (tertiary/aromatic N) is 1. The summed E-state index contributed by atoms with van der Waals surface area (Å²) < 4.78 is 10.1. The Morgan fingerprint density at radius 2 is 1.60 bits per heavy atom. The molecule has 0 rings (SSSR count). The van der Waals surface area contributed by atoms with Gasteiger partial charge in [-0.1, -0.05) is 0 Å². The van der Waals surface area contributed by atoms with E-state index >= 15 is 0 Å². The zero-order chi connectivity index (χ0) is 11.4. The van der Waals surface area contributed by atoms with Crippen molar-refractivity contribution in [3.63, 3.8) is 0 Å². The van der Waals surface area contributed by atoms with Crippen LogP contribution in [0.1, 0.15) is 19.3 Å². The van der Waals surface area contributed by atoms with Crippen molar-refractivity contribution in [3.05, 3.63) is 0 Å². The Morgan fingerprint density at radius 3 is 2.07 bits per heavy atom. The van der Waals surface area contributed by atoms with Crippen molar-refractivity contribution in [3.8, 4) is 12.3 Å². The van der Waals surface area contributed by atoms with Gasteiger partial charge in [0, 0.05) is 33.7 Å². The molecule has 0 saturated heterocycles. The molecular formula is C12H23NO2. The topological polar surface area (TPSA) is 21.7 Å². The van der Waals surface area contributed by atoms with Gasteiger partial charge in [-0.3, -0.25) is 4.90 Å². The highest BCUT2D eigenvalue weighted by Gasteiger charge is 2.03. The van der Waals surface area contributed by atoms with Gasteiger partial charge in [0.05, 0.1) is 13.2 Å². The molecule has 0 heterocycles. The molecule has 0 unspecified atom stereocenters. The number of unbranched alkanes of at least 4 members (excludes halogenated alkanes) is 2. The van der Waals surface area contributed by atoms with E-state index in [0.717, 1.165) is 52.1 Å². The molecular weight excluding hydrogens is 190 g/mol. The summed E-state index contributed by atoms with van der Waals surface area (Å²) in [5.41, 5.74) is 0. The van der Waals surface area contributed by atoms with E-state index in [1.165, 1.54) is 0 Å². The summed E-state index contributed by atoms with van der Waals surface area (Å²) in [6, 6.07) is 0. The van der Waals surface area contributed by atoms with Crippen LogP contribution in [0.25, 0.3) is 0 Å². The average Bonchev–Trinajstić information content (AvgIpc) is 2.27. The van der Waals surface area contributed by atoms with Crippen molar-refractivity contribution in [2.24, 2.45) is 0 Å². The quantitative estimate of drug-likeness (QED) is 0.404. The van der Waals surface area contributed by atoms with Gasteiger partial charge in [0.1, 0.15) is 0 Å². The first-order valence-corrected chi connectivity index (χ1v) is 5.48. The van der Waals surface area contributed by atoms with Crippen LogP contribution in [0.15, 0.2) is 0 Å².